The summed E-state index contributed by atoms with van der Waals surface area (Å²) in [5, 5.41) is 18.2. The number of hydrogen-bond donors (Lipinski definition) is 1. The fraction of sp³-hybridized carbons (Fsp3) is 0.814. The normalized spacial score (nSPS) is 19.1. The minimum Gasteiger partial charge on any atom is -0.376 e. The fourth-order valence-corrected chi connectivity index (χ4v) is 35.2. The third-order valence-corrected chi connectivity index (χ3v) is 40.5. The van der Waals surface area contributed by atoms with E-state index in [0.717, 1.165) is 152 Å². The molecule has 13 nitrogen and oxygen atoms in total. The van der Waals surface area contributed by atoms with Gasteiger partial charge in [-0.15, -0.1) is 141 Å². The summed E-state index contributed by atoms with van der Waals surface area (Å²) >= 11 is 23.6. The third-order valence-electron chi connectivity index (χ3n) is 20.3. The molecule has 3 aromatic rings. The molecular weight excluding hydrogens is 1760 g/mol. The average molecular weight is 1920 g/mol. The molecule has 0 spiro atoms. The Bertz CT molecular complexity index is 3230. The number of aliphatic hydroxyl groups is 1. The maximum absolute atomic E-state index is 18.2. The highest BCUT2D eigenvalue weighted by atomic mass is 32.2. The van der Waals surface area contributed by atoms with Gasteiger partial charge in [-0.2, -0.15) is 0 Å². The van der Waals surface area contributed by atoms with Crippen molar-refractivity contribution < 1.29 is 61.9 Å². The second kappa shape index (κ2) is 40.3. The quantitative estimate of drug-likeness (QED) is 0.0543. The Morgan fingerprint density at radius 2 is 0.279 bits per heavy atom. The molecule has 6 aliphatic rings. The summed E-state index contributed by atoms with van der Waals surface area (Å²) in [7, 11) is 0. The van der Waals surface area contributed by atoms with E-state index in [9.17, 15) is 0 Å². The van der Waals surface area contributed by atoms with Crippen LogP contribution < -0.4 is 0 Å². The first-order valence-electron chi connectivity index (χ1n) is 44.8. The molecule has 1 N–H and O–H groups in total. The molecule has 0 amide bonds. The lowest BCUT2D eigenvalue weighted by molar-refractivity contribution is -0.0149. The first-order valence-corrected chi connectivity index (χ1v) is 54.6. The molecule has 0 saturated heterocycles. The zero-order valence-corrected chi connectivity index (χ0v) is 91.7. The highest BCUT2D eigenvalue weighted by molar-refractivity contribution is 8.23. The van der Waals surface area contributed by atoms with Crippen molar-refractivity contribution in [3.63, 3.8) is 0 Å². The molecule has 0 bridgehead atoms. The van der Waals surface area contributed by atoms with Gasteiger partial charge in [0.25, 0.3) is 0 Å². The van der Waals surface area contributed by atoms with Gasteiger partial charge in [0.15, 0.2) is 0 Å². The number of ether oxygens (including phenoxy) is 12. The molecule has 0 aliphatic carbocycles. The smallest absolute Gasteiger partial charge is 0.147 e. The summed E-state index contributed by atoms with van der Waals surface area (Å²) in [5.74, 6) is 0. The van der Waals surface area contributed by atoms with E-state index in [1.807, 2.05) is 141 Å². The van der Waals surface area contributed by atoms with Crippen LogP contribution in [-0.4, -0.2) is 176 Å². The zero-order chi connectivity index (χ0) is 91.2. The predicted molar refractivity (Wildman–Crippen MR) is 532 cm³/mol. The third kappa shape index (κ3) is 31.7. The van der Waals surface area contributed by atoms with Crippen molar-refractivity contribution in [2.24, 2.45) is 0 Å². The van der Waals surface area contributed by atoms with E-state index >= 15 is 5.11 Å². The summed E-state index contributed by atoms with van der Waals surface area (Å²) in [6.07, 6.45) is 8.72. The van der Waals surface area contributed by atoms with E-state index in [0.29, 0.717) is 79.3 Å². The van der Waals surface area contributed by atoms with Crippen LogP contribution in [0.3, 0.4) is 0 Å². The van der Waals surface area contributed by atoms with Gasteiger partial charge in [0, 0.05) is 155 Å². The standard InChI is InChI=1S/C97H160O13S12/c1-79(2,3)99-49-37-91(38-50-100-80(4,5)6)111-64-61-65-74(118-92(112-65,39-51-101-81(7,8)9)40-52-102-82(10,11)12)70(73(64)117-91)97(98,71-75-66(113-93(119-75,41-53-103-83(13,14)15)42-54-104-84(16,17)18)62-67-76(71)120-94(114-67,43-55-105-85(19,20)21)44-56-106-86(22,23)24)72-77-68(115-95(121-77,45-57-107-87(25,26)27)46-58-108-88(28,29)30)63-69-78(72)122-96(116-69,47-59-109-89(31,32)33)48-60-110-90(34,35)36/h61-63,98H,37-60H2,1-36H3. The lowest BCUT2D eigenvalue weighted by Crippen LogP contribution is -2.35. The molecule has 0 saturated carbocycles. The van der Waals surface area contributed by atoms with E-state index in [-0.39, 0.29) is 67.2 Å². The van der Waals surface area contributed by atoms with Crippen LogP contribution >= 0.6 is 141 Å². The summed E-state index contributed by atoms with van der Waals surface area (Å²) in [6.45, 7) is 84.5. The molecule has 3 aromatic carbocycles. The van der Waals surface area contributed by atoms with Gasteiger partial charge >= 0.3 is 0 Å². The maximum atomic E-state index is 18.2. The summed E-state index contributed by atoms with van der Waals surface area (Å²) in [4.78, 5) is 13.6. The number of rotatable bonds is 39. The van der Waals surface area contributed by atoms with E-state index in [2.05, 4.69) is 267 Å². The summed E-state index contributed by atoms with van der Waals surface area (Å²) in [5.41, 5.74) is -3.79. The van der Waals surface area contributed by atoms with E-state index in [1.165, 1.54) is 0 Å². The molecule has 122 heavy (non-hydrogen) atoms. The number of benzene rings is 3. The van der Waals surface area contributed by atoms with Gasteiger partial charge < -0.3 is 61.9 Å². The molecule has 0 radical (unpaired) electrons. The van der Waals surface area contributed by atoms with Crippen molar-refractivity contribution in [2.75, 3.05) is 79.3 Å². The van der Waals surface area contributed by atoms with E-state index in [1.54, 1.807) is 0 Å². The Labute approximate surface area is 792 Å². The number of fused-ring (bicyclic) bond motifs is 6. The summed E-state index contributed by atoms with van der Waals surface area (Å²) < 4.78 is 80.3. The summed E-state index contributed by atoms with van der Waals surface area (Å²) in [6, 6.07) is 7.62. The molecule has 9 rings (SSSR count). The van der Waals surface area contributed by atoms with E-state index < -0.39 is 30.1 Å². The van der Waals surface area contributed by atoms with Crippen LogP contribution in [-0.2, 0) is 62.4 Å². The Morgan fingerprint density at radius 1 is 0.180 bits per heavy atom. The largest absolute Gasteiger partial charge is 0.376 e. The van der Waals surface area contributed by atoms with Crippen molar-refractivity contribution in [1.82, 2.24) is 0 Å². The van der Waals surface area contributed by atoms with Crippen molar-refractivity contribution in [3.05, 3.63) is 34.9 Å². The molecule has 6 aliphatic heterocycles. The maximum Gasteiger partial charge on any atom is 0.147 e. The monoisotopic (exact) mass is 1920 g/mol. The minimum absolute atomic E-state index is 0.390. The van der Waals surface area contributed by atoms with Crippen LogP contribution in [0.4, 0.5) is 0 Å². The molecule has 0 aromatic heterocycles. The topological polar surface area (TPSA) is 131 Å². The lowest BCUT2D eigenvalue weighted by Gasteiger charge is -2.39. The van der Waals surface area contributed by atoms with Gasteiger partial charge in [-0.05, 0) is 345 Å². The van der Waals surface area contributed by atoms with Crippen molar-refractivity contribution in [3.8, 4) is 0 Å². The molecule has 0 unspecified atom stereocenters. The highest BCUT2D eigenvalue weighted by Crippen LogP contribution is 2.77. The zero-order valence-electron chi connectivity index (χ0n) is 81.9. The van der Waals surface area contributed by atoms with Gasteiger partial charge in [-0.1, -0.05) is 0 Å². The Hall–Kier alpha value is 1.34. The molecular formula is C97H160O13S12. The molecule has 0 fully saturated rings. The van der Waals surface area contributed by atoms with Crippen LogP contribution in [0.25, 0.3) is 0 Å². The van der Waals surface area contributed by atoms with Crippen molar-refractivity contribution >= 4 is 141 Å². The van der Waals surface area contributed by atoms with Gasteiger partial charge in [-0.3, -0.25) is 0 Å². The average Bonchev–Trinajstić information content (AvgIpc) is 1.50. The lowest BCUT2D eigenvalue weighted by atomic mass is 9.79. The van der Waals surface area contributed by atoms with Crippen LogP contribution in [0.1, 0.15) is 343 Å². The van der Waals surface area contributed by atoms with Crippen LogP contribution in [0.15, 0.2) is 76.9 Å². The molecule has 698 valence electrons. The molecule has 25 heteroatoms. The van der Waals surface area contributed by atoms with Crippen LogP contribution in [0, 0.1) is 0 Å². The Morgan fingerprint density at radius 3 is 0.369 bits per heavy atom. The number of thioether (sulfide) groups is 12. The second-order valence-electron chi connectivity index (χ2n) is 45.6. The number of hydrogen-bond acceptors (Lipinski definition) is 25. The highest BCUT2D eigenvalue weighted by Gasteiger charge is 2.60. The first kappa shape index (κ1) is 107. The van der Waals surface area contributed by atoms with Crippen molar-refractivity contribution in [2.45, 2.75) is 482 Å². The molecule has 0 atom stereocenters. The van der Waals surface area contributed by atoms with Crippen LogP contribution in [0.2, 0.25) is 0 Å². The Kier molecular flexibility index (Phi) is 35.4. The minimum atomic E-state index is -1.97. The van der Waals surface area contributed by atoms with Gasteiger partial charge in [0.2, 0.25) is 0 Å². The predicted octanol–water partition coefficient (Wildman–Crippen LogP) is 29.8. The first-order chi connectivity index (χ1) is 55.4. The SMILES string of the molecule is CC(C)(C)OCCC1(CCOC(C)(C)C)Sc2cc3c(c(C(O)(c4c5c(cc6c4SC(CCOC(C)(C)C)(CCOC(C)(C)C)S6)SC(CCOC(C)(C)C)(CCOC(C)(C)C)S5)c4c5c(cc6c4SC(CCOC(C)(C)C)(CCOC(C)(C)C)S6)SC(CCOC(C)(C)C)(CCOC(C)(C)C)S5)c2S1)SC(CCOC(C)(C)C)(CCOC(C)(C)C)S3. The van der Waals surface area contributed by atoms with E-state index in [4.69, 9.17) is 56.8 Å². The van der Waals surface area contributed by atoms with Crippen molar-refractivity contribution in [1.29, 1.82) is 0 Å². The fourth-order valence-electron chi connectivity index (χ4n) is 14.8. The van der Waals surface area contributed by atoms with Gasteiger partial charge in [-0.25, -0.2) is 0 Å². The van der Waals surface area contributed by atoms with Gasteiger partial charge in [0.05, 0.1) is 91.7 Å². The Balaban J connectivity index is 1.54. The van der Waals surface area contributed by atoms with Gasteiger partial charge in [0.1, 0.15) is 5.60 Å². The second-order valence-corrected chi connectivity index (χ2v) is 64.1. The van der Waals surface area contributed by atoms with Crippen LogP contribution in [0.5, 0.6) is 0 Å². The molecule has 6 heterocycles.